The third kappa shape index (κ3) is 5.94. The van der Waals surface area contributed by atoms with Crippen LogP contribution in [-0.2, 0) is 9.59 Å². The second kappa shape index (κ2) is 9.88. The van der Waals surface area contributed by atoms with Crippen LogP contribution in [0.15, 0.2) is 24.3 Å². The maximum absolute atomic E-state index is 11.8. The Labute approximate surface area is 148 Å². The fourth-order valence-corrected chi connectivity index (χ4v) is 2.58. The van der Waals surface area contributed by atoms with Crippen LogP contribution in [0.3, 0.4) is 0 Å². The zero-order chi connectivity index (χ0) is 18.1. The van der Waals surface area contributed by atoms with Gasteiger partial charge in [0.05, 0.1) is 6.54 Å². The molecule has 1 aromatic carbocycles. The van der Waals surface area contributed by atoms with Crippen LogP contribution in [0.4, 0.5) is 0 Å². The van der Waals surface area contributed by atoms with E-state index in [0.29, 0.717) is 24.7 Å². The minimum atomic E-state index is -0.648. The van der Waals surface area contributed by atoms with Crippen molar-refractivity contribution < 1.29 is 19.1 Å². The lowest BCUT2D eigenvalue weighted by atomic mass is 10.2. The van der Waals surface area contributed by atoms with E-state index >= 15 is 0 Å². The first-order chi connectivity index (χ1) is 12.1. The Kier molecular flexibility index (Phi) is 7.53. The molecule has 0 aliphatic carbocycles. The summed E-state index contributed by atoms with van der Waals surface area (Å²) in [6, 6.07) is 7.37. The van der Waals surface area contributed by atoms with E-state index in [1.54, 1.807) is 0 Å². The Balaban J connectivity index is 1.64. The second-order valence-corrected chi connectivity index (χ2v) is 5.84. The van der Waals surface area contributed by atoms with Gasteiger partial charge in [0.2, 0.25) is 0 Å². The molecule has 1 aliphatic heterocycles. The summed E-state index contributed by atoms with van der Waals surface area (Å²) >= 11 is 0. The van der Waals surface area contributed by atoms with E-state index in [9.17, 15) is 9.59 Å². The molecule has 2 N–H and O–H groups in total. The van der Waals surface area contributed by atoms with E-state index in [2.05, 4.69) is 29.4 Å². The molecule has 1 atom stereocenters. The lowest BCUT2D eigenvalue weighted by Gasteiger charge is -2.26. The van der Waals surface area contributed by atoms with Crippen LogP contribution in [0.5, 0.6) is 11.5 Å². The average molecular weight is 349 g/mol. The maximum atomic E-state index is 11.8. The largest absolute Gasteiger partial charge is 0.486 e. The van der Waals surface area contributed by atoms with Crippen molar-refractivity contribution in [1.29, 1.82) is 0 Å². The summed E-state index contributed by atoms with van der Waals surface area (Å²) in [5, 5.41) is 5.23. The molecule has 0 saturated carbocycles. The molecule has 0 aromatic heterocycles. The van der Waals surface area contributed by atoms with Gasteiger partial charge >= 0.3 is 11.8 Å². The molecular formula is C18H27N3O4. The third-order valence-electron chi connectivity index (χ3n) is 4.10. The summed E-state index contributed by atoms with van der Waals surface area (Å²) in [6.45, 7) is 8.12. The number of ether oxygens (including phenoxy) is 2. The van der Waals surface area contributed by atoms with Crippen molar-refractivity contribution in [3.05, 3.63) is 24.3 Å². The van der Waals surface area contributed by atoms with E-state index in [1.165, 1.54) is 0 Å². The van der Waals surface area contributed by atoms with Crippen LogP contribution in [0.1, 0.15) is 20.3 Å². The van der Waals surface area contributed by atoms with Gasteiger partial charge in [0.15, 0.2) is 11.5 Å². The predicted octanol–water partition coefficient (Wildman–Crippen LogP) is 0.791. The number of nitrogens with zero attached hydrogens (tertiary/aromatic N) is 1. The van der Waals surface area contributed by atoms with Crippen molar-refractivity contribution in [2.45, 2.75) is 26.4 Å². The number of carbonyl (C=O) groups is 2. The lowest BCUT2D eigenvalue weighted by molar-refractivity contribution is -0.139. The van der Waals surface area contributed by atoms with Crippen molar-refractivity contribution in [3.63, 3.8) is 0 Å². The van der Waals surface area contributed by atoms with Crippen LogP contribution in [-0.4, -0.2) is 62.1 Å². The molecule has 2 amide bonds. The molecule has 0 fully saturated rings. The van der Waals surface area contributed by atoms with E-state index in [-0.39, 0.29) is 12.6 Å². The van der Waals surface area contributed by atoms with Crippen molar-refractivity contribution in [2.75, 3.05) is 39.3 Å². The topological polar surface area (TPSA) is 79.9 Å². The summed E-state index contributed by atoms with van der Waals surface area (Å²) in [6.07, 6.45) is 0.506. The van der Waals surface area contributed by atoms with Gasteiger partial charge in [-0.05, 0) is 38.2 Å². The molecule has 0 bridgehead atoms. The summed E-state index contributed by atoms with van der Waals surface area (Å²) < 4.78 is 11.3. The minimum absolute atomic E-state index is 0.222. The van der Waals surface area contributed by atoms with Gasteiger partial charge in [-0.25, -0.2) is 0 Å². The molecule has 0 saturated heterocycles. The summed E-state index contributed by atoms with van der Waals surface area (Å²) in [5.74, 6) is 0.0758. The SMILES string of the molecule is CCN(CC)CCCNC(=O)C(=O)NCC1COc2ccccc2O1. The van der Waals surface area contributed by atoms with Gasteiger partial charge in [0, 0.05) is 6.54 Å². The van der Waals surface area contributed by atoms with Crippen LogP contribution in [0.25, 0.3) is 0 Å². The molecule has 138 valence electrons. The molecule has 1 aliphatic rings. The molecule has 1 aromatic rings. The van der Waals surface area contributed by atoms with Crippen LogP contribution in [0, 0.1) is 0 Å². The van der Waals surface area contributed by atoms with E-state index in [1.807, 2.05) is 24.3 Å². The van der Waals surface area contributed by atoms with E-state index in [0.717, 1.165) is 26.1 Å². The smallest absolute Gasteiger partial charge is 0.309 e. The Hall–Kier alpha value is -2.28. The Bertz CT molecular complexity index is 575. The van der Waals surface area contributed by atoms with Gasteiger partial charge in [-0.3, -0.25) is 9.59 Å². The average Bonchev–Trinajstić information content (AvgIpc) is 2.65. The highest BCUT2D eigenvalue weighted by molar-refractivity contribution is 6.35. The normalized spacial score (nSPS) is 15.7. The Morgan fingerprint density at radius 3 is 2.52 bits per heavy atom. The van der Waals surface area contributed by atoms with E-state index < -0.39 is 11.8 Å². The summed E-state index contributed by atoms with van der Waals surface area (Å²) in [5.41, 5.74) is 0. The van der Waals surface area contributed by atoms with Crippen molar-refractivity contribution in [1.82, 2.24) is 15.5 Å². The highest BCUT2D eigenvalue weighted by Gasteiger charge is 2.22. The number of para-hydroxylation sites is 2. The molecule has 7 heteroatoms. The zero-order valence-electron chi connectivity index (χ0n) is 14.9. The molecule has 7 nitrogen and oxygen atoms in total. The van der Waals surface area contributed by atoms with Gasteiger partial charge < -0.3 is 25.0 Å². The van der Waals surface area contributed by atoms with Crippen LogP contribution in [0.2, 0.25) is 0 Å². The standard InChI is InChI=1S/C18H27N3O4/c1-3-21(4-2)11-7-10-19-17(22)18(23)20-12-14-13-24-15-8-5-6-9-16(15)25-14/h5-6,8-9,14H,3-4,7,10-13H2,1-2H3,(H,19,22)(H,20,23). The number of fused-ring (bicyclic) bond motifs is 1. The van der Waals surface area contributed by atoms with Gasteiger partial charge in [0.25, 0.3) is 0 Å². The number of amides is 2. The fourth-order valence-electron chi connectivity index (χ4n) is 2.58. The zero-order valence-corrected chi connectivity index (χ0v) is 14.9. The van der Waals surface area contributed by atoms with Gasteiger partial charge in [-0.2, -0.15) is 0 Å². The monoisotopic (exact) mass is 349 g/mol. The predicted molar refractivity (Wildman–Crippen MR) is 94.8 cm³/mol. The molecular weight excluding hydrogens is 322 g/mol. The first kappa shape index (κ1) is 19.1. The van der Waals surface area contributed by atoms with Crippen molar-refractivity contribution in [3.8, 4) is 11.5 Å². The van der Waals surface area contributed by atoms with E-state index in [4.69, 9.17) is 9.47 Å². The number of hydrogen-bond donors (Lipinski definition) is 2. The van der Waals surface area contributed by atoms with Gasteiger partial charge in [0.1, 0.15) is 12.7 Å². The number of hydrogen-bond acceptors (Lipinski definition) is 5. The summed E-state index contributed by atoms with van der Waals surface area (Å²) in [7, 11) is 0. The first-order valence-corrected chi connectivity index (χ1v) is 8.80. The van der Waals surface area contributed by atoms with Crippen molar-refractivity contribution >= 4 is 11.8 Å². The highest BCUT2D eigenvalue weighted by atomic mass is 16.6. The summed E-state index contributed by atoms with van der Waals surface area (Å²) in [4.78, 5) is 25.9. The molecule has 0 spiro atoms. The lowest BCUT2D eigenvalue weighted by Crippen LogP contribution is -2.46. The second-order valence-electron chi connectivity index (χ2n) is 5.84. The number of rotatable bonds is 8. The minimum Gasteiger partial charge on any atom is -0.486 e. The first-order valence-electron chi connectivity index (χ1n) is 8.80. The number of benzene rings is 1. The molecule has 2 rings (SSSR count). The Morgan fingerprint density at radius 1 is 1.12 bits per heavy atom. The number of carbonyl (C=O) groups excluding carboxylic acids is 2. The van der Waals surface area contributed by atoms with Gasteiger partial charge in [-0.1, -0.05) is 26.0 Å². The molecule has 1 heterocycles. The van der Waals surface area contributed by atoms with Crippen molar-refractivity contribution in [2.24, 2.45) is 0 Å². The quantitative estimate of drug-likeness (QED) is 0.536. The van der Waals surface area contributed by atoms with Gasteiger partial charge in [-0.15, -0.1) is 0 Å². The highest BCUT2D eigenvalue weighted by Crippen LogP contribution is 2.30. The molecule has 1 unspecified atom stereocenters. The fraction of sp³-hybridized carbons (Fsp3) is 0.556. The Morgan fingerprint density at radius 2 is 1.80 bits per heavy atom. The molecule has 0 radical (unpaired) electrons. The third-order valence-corrected chi connectivity index (χ3v) is 4.10. The maximum Gasteiger partial charge on any atom is 0.309 e. The molecule has 25 heavy (non-hydrogen) atoms. The number of nitrogens with one attached hydrogen (secondary N) is 2. The van der Waals surface area contributed by atoms with Crippen LogP contribution < -0.4 is 20.1 Å². The van der Waals surface area contributed by atoms with Crippen LogP contribution >= 0.6 is 0 Å².